The molecule has 0 radical (unpaired) electrons. The van der Waals surface area contributed by atoms with Gasteiger partial charge in [-0.15, -0.1) is 11.8 Å². The summed E-state index contributed by atoms with van der Waals surface area (Å²) in [6.45, 7) is 0. The van der Waals surface area contributed by atoms with Crippen LogP contribution < -0.4 is 5.32 Å². The summed E-state index contributed by atoms with van der Waals surface area (Å²) >= 11 is 7.84. The van der Waals surface area contributed by atoms with Gasteiger partial charge in [0.1, 0.15) is 0 Å². The van der Waals surface area contributed by atoms with E-state index in [9.17, 15) is 4.79 Å². The van der Waals surface area contributed by atoms with Crippen LogP contribution in [0.2, 0.25) is 5.02 Å². The third kappa shape index (κ3) is 4.40. The van der Waals surface area contributed by atoms with E-state index in [1.165, 1.54) is 10.5 Å². The number of benzene rings is 3. The number of para-hydroxylation sites is 1. The molecule has 0 fully saturated rings. The Labute approximate surface area is 150 Å². The topological polar surface area (TPSA) is 29.1 Å². The number of nitrogens with one attached hydrogen (secondary N) is 1. The van der Waals surface area contributed by atoms with Gasteiger partial charge in [-0.1, -0.05) is 54.1 Å². The molecule has 2 nitrogen and oxygen atoms in total. The lowest BCUT2D eigenvalue weighted by atomic mass is 10.1. The van der Waals surface area contributed by atoms with Crippen LogP contribution in [0.1, 0.15) is 15.9 Å². The van der Waals surface area contributed by atoms with E-state index in [2.05, 4.69) is 17.4 Å². The molecule has 0 saturated heterocycles. The van der Waals surface area contributed by atoms with E-state index < -0.39 is 0 Å². The lowest BCUT2D eigenvalue weighted by Gasteiger charge is -2.08. The summed E-state index contributed by atoms with van der Waals surface area (Å²) in [5, 5.41) is 3.36. The van der Waals surface area contributed by atoms with Gasteiger partial charge in [0, 0.05) is 16.2 Å². The first-order valence-corrected chi connectivity index (χ1v) is 8.91. The molecule has 3 aromatic carbocycles. The largest absolute Gasteiger partial charge is 0.321 e. The minimum Gasteiger partial charge on any atom is -0.321 e. The Kier molecular flexibility index (Phi) is 5.57. The van der Waals surface area contributed by atoms with Gasteiger partial charge < -0.3 is 5.32 Å². The van der Waals surface area contributed by atoms with Crippen LogP contribution >= 0.6 is 23.4 Å². The van der Waals surface area contributed by atoms with Crippen LogP contribution in [-0.2, 0) is 5.75 Å². The van der Waals surface area contributed by atoms with Crippen molar-refractivity contribution in [3.63, 3.8) is 0 Å². The Hall–Kier alpha value is -2.23. The number of hydrogen-bond acceptors (Lipinski definition) is 2. The lowest BCUT2D eigenvalue weighted by molar-refractivity contribution is 0.102. The molecule has 3 rings (SSSR count). The third-order valence-corrected chi connectivity index (χ3v) is 4.90. The molecular weight excluding hydrogens is 338 g/mol. The number of amides is 1. The van der Waals surface area contributed by atoms with Gasteiger partial charge in [-0.2, -0.15) is 0 Å². The van der Waals surface area contributed by atoms with Crippen LogP contribution in [0.5, 0.6) is 0 Å². The number of carbonyl (C=O) groups excluding carboxylic acids is 1. The van der Waals surface area contributed by atoms with Gasteiger partial charge in [0.25, 0.3) is 5.91 Å². The molecule has 0 aliphatic rings. The van der Waals surface area contributed by atoms with Crippen molar-refractivity contribution in [1.82, 2.24) is 0 Å². The minimum absolute atomic E-state index is 0.162. The van der Waals surface area contributed by atoms with E-state index >= 15 is 0 Å². The molecule has 3 aromatic rings. The van der Waals surface area contributed by atoms with E-state index in [0.29, 0.717) is 16.3 Å². The van der Waals surface area contributed by atoms with Crippen molar-refractivity contribution in [2.24, 2.45) is 0 Å². The summed E-state index contributed by atoms with van der Waals surface area (Å²) in [4.78, 5) is 13.5. The molecule has 1 N–H and O–H groups in total. The molecule has 1 amide bonds. The first-order chi connectivity index (χ1) is 11.7. The first-order valence-electron chi connectivity index (χ1n) is 7.55. The number of halogens is 1. The second-order valence-corrected chi connectivity index (χ2v) is 6.69. The van der Waals surface area contributed by atoms with E-state index in [4.69, 9.17) is 11.6 Å². The van der Waals surface area contributed by atoms with Gasteiger partial charge in [-0.25, -0.2) is 0 Å². The van der Waals surface area contributed by atoms with Gasteiger partial charge in [0.05, 0.1) is 10.7 Å². The molecule has 120 valence electrons. The Bertz CT molecular complexity index is 819. The highest BCUT2D eigenvalue weighted by Gasteiger charge is 2.08. The number of hydrogen-bond donors (Lipinski definition) is 1. The zero-order chi connectivity index (χ0) is 16.8. The third-order valence-electron chi connectivity index (χ3n) is 3.49. The Morgan fingerprint density at radius 3 is 2.25 bits per heavy atom. The second-order valence-electron chi connectivity index (χ2n) is 5.23. The molecule has 0 bridgehead atoms. The number of carbonyl (C=O) groups is 1. The maximum Gasteiger partial charge on any atom is 0.255 e. The lowest BCUT2D eigenvalue weighted by Crippen LogP contribution is -2.12. The normalized spacial score (nSPS) is 10.4. The summed E-state index contributed by atoms with van der Waals surface area (Å²) < 4.78 is 0. The molecule has 0 unspecified atom stereocenters. The number of anilines is 1. The highest BCUT2D eigenvalue weighted by molar-refractivity contribution is 7.98. The van der Waals surface area contributed by atoms with Gasteiger partial charge in [0.15, 0.2) is 0 Å². The molecule has 4 heteroatoms. The molecular formula is C20H16ClNOS. The van der Waals surface area contributed by atoms with Gasteiger partial charge in [-0.05, 0) is 42.0 Å². The predicted molar refractivity (Wildman–Crippen MR) is 102 cm³/mol. The van der Waals surface area contributed by atoms with Gasteiger partial charge >= 0.3 is 0 Å². The van der Waals surface area contributed by atoms with Crippen LogP contribution in [0.25, 0.3) is 0 Å². The molecule has 0 aliphatic carbocycles. The summed E-state index contributed by atoms with van der Waals surface area (Å²) in [7, 11) is 0. The maximum atomic E-state index is 12.3. The summed E-state index contributed by atoms with van der Waals surface area (Å²) in [5.41, 5.74) is 2.41. The van der Waals surface area contributed by atoms with E-state index in [0.717, 1.165) is 5.75 Å². The molecule has 24 heavy (non-hydrogen) atoms. The summed E-state index contributed by atoms with van der Waals surface area (Å²) in [6.07, 6.45) is 0. The first kappa shape index (κ1) is 16.6. The Balaban J connectivity index is 1.61. The SMILES string of the molecule is O=C(Nc1ccccc1Cl)c1ccc(CSc2ccccc2)cc1. The highest BCUT2D eigenvalue weighted by atomic mass is 35.5. The van der Waals surface area contributed by atoms with Crippen molar-refractivity contribution in [3.8, 4) is 0 Å². The predicted octanol–water partition coefficient (Wildman–Crippen LogP) is 5.88. The van der Waals surface area contributed by atoms with Gasteiger partial charge in [0.2, 0.25) is 0 Å². The monoisotopic (exact) mass is 353 g/mol. The smallest absolute Gasteiger partial charge is 0.255 e. The molecule has 0 saturated carbocycles. The van der Waals surface area contributed by atoms with Crippen molar-refractivity contribution < 1.29 is 4.79 Å². The van der Waals surface area contributed by atoms with Crippen LogP contribution in [0, 0.1) is 0 Å². The Morgan fingerprint density at radius 1 is 0.875 bits per heavy atom. The van der Waals surface area contributed by atoms with E-state index in [1.54, 1.807) is 23.9 Å². The quantitative estimate of drug-likeness (QED) is 0.580. The molecule has 0 heterocycles. The second kappa shape index (κ2) is 8.04. The van der Waals surface area contributed by atoms with Gasteiger partial charge in [-0.3, -0.25) is 4.79 Å². The summed E-state index contributed by atoms with van der Waals surface area (Å²) in [6, 6.07) is 25.1. The molecule has 0 aliphatic heterocycles. The molecule has 0 aromatic heterocycles. The number of rotatable bonds is 5. The van der Waals surface area contributed by atoms with Crippen molar-refractivity contribution >= 4 is 35.0 Å². The van der Waals surface area contributed by atoms with Crippen molar-refractivity contribution in [2.45, 2.75) is 10.6 Å². The minimum atomic E-state index is -0.162. The van der Waals surface area contributed by atoms with Crippen molar-refractivity contribution in [1.29, 1.82) is 0 Å². The fraction of sp³-hybridized carbons (Fsp3) is 0.0500. The van der Waals surface area contributed by atoms with Crippen LogP contribution in [0.4, 0.5) is 5.69 Å². The zero-order valence-corrected chi connectivity index (χ0v) is 14.5. The highest BCUT2D eigenvalue weighted by Crippen LogP contribution is 2.23. The van der Waals surface area contributed by atoms with Crippen molar-refractivity contribution in [2.75, 3.05) is 5.32 Å². The van der Waals surface area contributed by atoms with E-state index in [-0.39, 0.29) is 5.91 Å². The fourth-order valence-electron chi connectivity index (χ4n) is 2.19. The average Bonchev–Trinajstić information content (AvgIpc) is 2.63. The standard InChI is InChI=1S/C20H16ClNOS/c21-18-8-4-5-9-19(18)22-20(23)16-12-10-15(11-13-16)14-24-17-6-2-1-3-7-17/h1-13H,14H2,(H,22,23). The number of thioether (sulfide) groups is 1. The fourth-order valence-corrected chi connectivity index (χ4v) is 3.25. The molecule has 0 atom stereocenters. The average molecular weight is 354 g/mol. The Morgan fingerprint density at radius 2 is 1.54 bits per heavy atom. The van der Waals surface area contributed by atoms with E-state index in [1.807, 2.05) is 54.6 Å². The summed E-state index contributed by atoms with van der Waals surface area (Å²) in [5.74, 6) is 0.710. The van der Waals surface area contributed by atoms with Crippen LogP contribution in [0.3, 0.4) is 0 Å². The van der Waals surface area contributed by atoms with Crippen molar-refractivity contribution in [3.05, 3.63) is 95.0 Å². The van der Waals surface area contributed by atoms with Crippen LogP contribution in [0.15, 0.2) is 83.8 Å². The zero-order valence-electron chi connectivity index (χ0n) is 12.9. The maximum absolute atomic E-state index is 12.3. The van der Waals surface area contributed by atoms with Crippen LogP contribution in [-0.4, -0.2) is 5.91 Å². The molecule has 0 spiro atoms.